The van der Waals surface area contributed by atoms with Crippen molar-refractivity contribution >= 4 is 11.6 Å². The first-order valence-electron chi connectivity index (χ1n) is 5.83. The Kier molecular flexibility index (Phi) is 3.58. The zero-order valence-corrected chi connectivity index (χ0v) is 9.85. The summed E-state index contributed by atoms with van der Waals surface area (Å²) < 4.78 is 5.43. The molecular weight excluding hydrogens is 218 g/mol. The molecule has 0 aromatic carbocycles. The van der Waals surface area contributed by atoms with E-state index in [-0.39, 0.29) is 11.9 Å². The number of ether oxygens (including phenoxy) is 1. The van der Waals surface area contributed by atoms with E-state index in [1.807, 2.05) is 6.92 Å². The minimum Gasteiger partial charge on any atom is -0.399 e. The lowest BCUT2D eigenvalue weighted by Gasteiger charge is -2.35. The molecule has 17 heavy (non-hydrogen) atoms. The first-order chi connectivity index (χ1) is 8.19. The highest BCUT2D eigenvalue weighted by atomic mass is 16.5. The van der Waals surface area contributed by atoms with Gasteiger partial charge in [0.2, 0.25) is 0 Å². The molecule has 3 N–H and O–H groups in total. The minimum absolute atomic E-state index is 0.169. The summed E-state index contributed by atoms with van der Waals surface area (Å²) in [6.07, 6.45) is 3.58. The molecular formula is C12H17N3O2. The van der Waals surface area contributed by atoms with Crippen LogP contribution in [0.5, 0.6) is 0 Å². The molecule has 1 aromatic heterocycles. The monoisotopic (exact) mass is 235 g/mol. The highest BCUT2D eigenvalue weighted by Gasteiger charge is 2.30. The molecule has 0 aliphatic heterocycles. The van der Waals surface area contributed by atoms with Crippen LogP contribution in [0.1, 0.15) is 30.3 Å². The summed E-state index contributed by atoms with van der Waals surface area (Å²) in [4.78, 5) is 15.8. The lowest BCUT2D eigenvalue weighted by molar-refractivity contribution is -0.00867. The van der Waals surface area contributed by atoms with Crippen LogP contribution in [0.2, 0.25) is 0 Å². The van der Waals surface area contributed by atoms with Gasteiger partial charge in [-0.2, -0.15) is 0 Å². The zero-order valence-electron chi connectivity index (χ0n) is 9.85. The van der Waals surface area contributed by atoms with Gasteiger partial charge in [0.25, 0.3) is 5.91 Å². The number of rotatable bonds is 4. The van der Waals surface area contributed by atoms with E-state index < -0.39 is 0 Å². The number of carbonyl (C=O) groups is 1. The Balaban J connectivity index is 1.83. The van der Waals surface area contributed by atoms with Crippen molar-refractivity contribution in [3.63, 3.8) is 0 Å². The Labute approximate surface area is 100 Å². The van der Waals surface area contributed by atoms with E-state index in [0.29, 0.717) is 17.5 Å². The zero-order chi connectivity index (χ0) is 12.3. The van der Waals surface area contributed by atoms with Gasteiger partial charge in [0, 0.05) is 24.5 Å². The maximum absolute atomic E-state index is 11.8. The Hall–Kier alpha value is -1.62. The highest BCUT2D eigenvalue weighted by Crippen LogP contribution is 2.23. The van der Waals surface area contributed by atoms with Crippen LogP contribution >= 0.6 is 0 Å². The van der Waals surface area contributed by atoms with Crippen LogP contribution < -0.4 is 11.1 Å². The molecule has 0 saturated heterocycles. The Morgan fingerprint density at radius 3 is 3.06 bits per heavy atom. The minimum atomic E-state index is -0.169. The number of nitrogens with two attached hydrogens (primary N) is 1. The molecule has 2 rings (SSSR count). The molecule has 0 atom stereocenters. The molecule has 0 radical (unpaired) electrons. The van der Waals surface area contributed by atoms with Crippen molar-refractivity contribution in [2.24, 2.45) is 0 Å². The lowest BCUT2D eigenvalue weighted by atomic mass is 9.89. The number of nitrogen functional groups attached to an aromatic ring is 1. The molecule has 92 valence electrons. The fourth-order valence-electron chi connectivity index (χ4n) is 1.89. The molecule has 0 unspecified atom stereocenters. The van der Waals surface area contributed by atoms with Crippen LogP contribution in [0.15, 0.2) is 18.3 Å². The molecule has 1 aliphatic rings. The second kappa shape index (κ2) is 5.14. The van der Waals surface area contributed by atoms with Gasteiger partial charge in [-0.05, 0) is 31.9 Å². The quantitative estimate of drug-likeness (QED) is 0.815. The van der Waals surface area contributed by atoms with Gasteiger partial charge in [-0.3, -0.25) is 9.78 Å². The number of amides is 1. The van der Waals surface area contributed by atoms with E-state index >= 15 is 0 Å². The Bertz CT molecular complexity index is 402. The fraction of sp³-hybridized carbons (Fsp3) is 0.500. The van der Waals surface area contributed by atoms with Crippen molar-refractivity contribution in [1.29, 1.82) is 0 Å². The van der Waals surface area contributed by atoms with E-state index in [1.165, 1.54) is 6.20 Å². The van der Waals surface area contributed by atoms with E-state index in [4.69, 9.17) is 10.5 Å². The second-order valence-electron chi connectivity index (χ2n) is 4.19. The third-order valence-corrected chi connectivity index (χ3v) is 2.85. The summed E-state index contributed by atoms with van der Waals surface area (Å²) in [6.45, 7) is 2.70. The van der Waals surface area contributed by atoms with Gasteiger partial charge in [0.1, 0.15) is 5.69 Å². The van der Waals surface area contributed by atoms with Gasteiger partial charge in [0.15, 0.2) is 0 Å². The molecule has 1 saturated carbocycles. The number of hydrogen-bond donors (Lipinski definition) is 2. The molecule has 0 spiro atoms. The third-order valence-electron chi connectivity index (χ3n) is 2.85. The number of hydrogen-bond acceptors (Lipinski definition) is 4. The van der Waals surface area contributed by atoms with Crippen LogP contribution in [0.4, 0.5) is 5.69 Å². The predicted molar refractivity (Wildman–Crippen MR) is 64.6 cm³/mol. The lowest BCUT2D eigenvalue weighted by Crippen LogP contribution is -2.48. The molecule has 1 heterocycles. The van der Waals surface area contributed by atoms with Crippen molar-refractivity contribution in [2.75, 3.05) is 12.3 Å². The Morgan fingerprint density at radius 2 is 2.41 bits per heavy atom. The average Bonchev–Trinajstić information content (AvgIpc) is 2.26. The standard InChI is InChI=1S/C12H17N3O2/c1-2-17-10-6-9(7-10)15-12(16)11-5-8(13)3-4-14-11/h3-5,9-10H,2,6-7H2,1H3,(H2,13,14)(H,15,16). The van der Waals surface area contributed by atoms with Crippen molar-refractivity contribution in [3.8, 4) is 0 Å². The number of anilines is 1. The van der Waals surface area contributed by atoms with Crippen molar-refractivity contribution in [3.05, 3.63) is 24.0 Å². The van der Waals surface area contributed by atoms with Gasteiger partial charge >= 0.3 is 0 Å². The normalized spacial score (nSPS) is 22.9. The molecule has 0 bridgehead atoms. The first kappa shape index (κ1) is 11.9. The van der Waals surface area contributed by atoms with E-state index in [0.717, 1.165) is 19.4 Å². The first-order valence-corrected chi connectivity index (χ1v) is 5.83. The summed E-state index contributed by atoms with van der Waals surface area (Å²) in [5, 5.41) is 2.91. The van der Waals surface area contributed by atoms with Gasteiger partial charge < -0.3 is 15.8 Å². The largest absolute Gasteiger partial charge is 0.399 e. The molecule has 1 fully saturated rings. The Morgan fingerprint density at radius 1 is 1.65 bits per heavy atom. The topological polar surface area (TPSA) is 77.2 Å². The van der Waals surface area contributed by atoms with E-state index in [9.17, 15) is 4.79 Å². The maximum Gasteiger partial charge on any atom is 0.270 e. The number of nitrogens with zero attached hydrogens (tertiary/aromatic N) is 1. The second-order valence-corrected chi connectivity index (χ2v) is 4.19. The average molecular weight is 235 g/mol. The van der Waals surface area contributed by atoms with Crippen LogP contribution in [-0.2, 0) is 4.74 Å². The number of nitrogens with one attached hydrogen (secondary N) is 1. The molecule has 1 aliphatic carbocycles. The van der Waals surface area contributed by atoms with Crippen molar-refractivity contribution in [2.45, 2.75) is 31.9 Å². The highest BCUT2D eigenvalue weighted by molar-refractivity contribution is 5.93. The smallest absolute Gasteiger partial charge is 0.270 e. The molecule has 5 heteroatoms. The SMILES string of the molecule is CCOC1CC(NC(=O)c2cc(N)ccn2)C1. The van der Waals surface area contributed by atoms with Gasteiger partial charge in [-0.15, -0.1) is 0 Å². The number of pyridine rings is 1. The molecule has 5 nitrogen and oxygen atoms in total. The van der Waals surface area contributed by atoms with Crippen molar-refractivity contribution in [1.82, 2.24) is 10.3 Å². The van der Waals surface area contributed by atoms with Crippen molar-refractivity contribution < 1.29 is 9.53 Å². The number of carbonyl (C=O) groups excluding carboxylic acids is 1. The fourth-order valence-corrected chi connectivity index (χ4v) is 1.89. The van der Waals surface area contributed by atoms with E-state index in [2.05, 4.69) is 10.3 Å². The molecule has 1 amide bonds. The maximum atomic E-state index is 11.8. The van der Waals surface area contributed by atoms with E-state index in [1.54, 1.807) is 12.1 Å². The van der Waals surface area contributed by atoms with Crippen LogP contribution in [0.25, 0.3) is 0 Å². The van der Waals surface area contributed by atoms with Crippen LogP contribution in [0.3, 0.4) is 0 Å². The summed E-state index contributed by atoms with van der Waals surface area (Å²) in [7, 11) is 0. The summed E-state index contributed by atoms with van der Waals surface area (Å²) in [5.41, 5.74) is 6.51. The number of aromatic nitrogens is 1. The summed E-state index contributed by atoms with van der Waals surface area (Å²) in [6, 6.07) is 3.43. The van der Waals surface area contributed by atoms with Gasteiger partial charge in [-0.25, -0.2) is 0 Å². The van der Waals surface area contributed by atoms with Crippen LogP contribution in [0, 0.1) is 0 Å². The summed E-state index contributed by atoms with van der Waals surface area (Å²) >= 11 is 0. The third kappa shape index (κ3) is 2.94. The van der Waals surface area contributed by atoms with Crippen LogP contribution in [-0.4, -0.2) is 29.6 Å². The summed E-state index contributed by atoms with van der Waals surface area (Å²) in [5.74, 6) is -0.169. The predicted octanol–water partition coefficient (Wildman–Crippen LogP) is 0.961. The van der Waals surface area contributed by atoms with Gasteiger partial charge in [-0.1, -0.05) is 0 Å². The van der Waals surface area contributed by atoms with Gasteiger partial charge in [0.05, 0.1) is 6.10 Å². The molecule has 1 aromatic rings.